The maximum atomic E-state index is 12.8. The maximum absolute atomic E-state index is 12.8. The van der Waals surface area contributed by atoms with Crippen LogP contribution >= 0.6 is 0 Å². The number of nitrogens with one attached hydrogen (secondary N) is 2. The zero-order chi connectivity index (χ0) is 21.6. The molecule has 2 aromatic carbocycles. The highest BCUT2D eigenvalue weighted by Gasteiger charge is 2.44. The van der Waals surface area contributed by atoms with Gasteiger partial charge in [-0.1, -0.05) is 17.7 Å². The van der Waals surface area contributed by atoms with Crippen LogP contribution in [0.3, 0.4) is 0 Å². The summed E-state index contributed by atoms with van der Waals surface area (Å²) in [4.78, 5) is 49.8. The number of carbonyl (C=O) groups excluding carboxylic acids is 4. The van der Waals surface area contributed by atoms with E-state index in [9.17, 15) is 27.6 Å². The van der Waals surface area contributed by atoms with Gasteiger partial charge in [-0.15, -0.1) is 0 Å². The highest BCUT2D eigenvalue weighted by Crippen LogP contribution is 2.30. The van der Waals surface area contributed by atoms with Gasteiger partial charge in [-0.2, -0.15) is 0 Å². The molecule has 2 aliphatic rings. The Balaban J connectivity index is 1.61. The van der Waals surface area contributed by atoms with Crippen LogP contribution in [0, 0.1) is 6.92 Å². The Morgan fingerprint density at radius 2 is 1.63 bits per heavy atom. The molecule has 0 aliphatic carbocycles. The number of nitrogens with zero attached hydrogens (tertiary/aromatic N) is 1. The molecule has 4 amide bonds. The van der Waals surface area contributed by atoms with Crippen LogP contribution in [0.25, 0.3) is 0 Å². The van der Waals surface area contributed by atoms with Crippen molar-refractivity contribution in [3.63, 3.8) is 0 Å². The second-order valence-electron chi connectivity index (χ2n) is 7.13. The van der Waals surface area contributed by atoms with Crippen molar-refractivity contribution >= 4 is 39.3 Å². The summed E-state index contributed by atoms with van der Waals surface area (Å²) in [6, 6.07) is 9.16. The quantitative estimate of drug-likeness (QED) is 0.705. The number of amides is 4. The molecule has 2 aromatic rings. The van der Waals surface area contributed by atoms with Gasteiger partial charge in [0.1, 0.15) is 6.04 Å². The first-order valence-electron chi connectivity index (χ1n) is 9.12. The zero-order valence-corrected chi connectivity index (χ0v) is 16.7. The van der Waals surface area contributed by atoms with Gasteiger partial charge in [0.05, 0.1) is 16.0 Å². The highest BCUT2D eigenvalue weighted by atomic mass is 32.2. The standard InChI is InChI=1S/C20H17N3O6S/c1-11-2-5-13(6-3-11)30(28,29)22-12-4-7-14-15(10-12)20(27)23(19(14)26)16-8-9-17(24)21-18(16)25/h2-7,10,16,22H,8-9H2,1H3,(H,21,24,25). The van der Waals surface area contributed by atoms with Crippen LogP contribution in [-0.4, -0.2) is 43.0 Å². The molecule has 0 bridgehead atoms. The number of aryl methyl sites for hydroxylation is 1. The number of sulfonamides is 1. The van der Waals surface area contributed by atoms with Crippen LogP contribution in [0.5, 0.6) is 0 Å². The molecule has 2 heterocycles. The minimum Gasteiger partial charge on any atom is -0.295 e. The predicted octanol–water partition coefficient (Wildman–Crippen LogP) is 1.20. The zero-order valence-electron chi connectivity index (χ0n) is 15.8. The number of benzene rings is 2. The number of fused-ring (bicyclic) bond motifs is 1. The Labute approximate surface area is 172 Å². The predicted molar refractivity (Wildman–Crippen MR) is 105 cm³/mol. The van der Waals surface area contributed by atoms with Crippen molar-refractivity contribution in [3.05, 3.63) is 59.2 Å². The van der Waals surface area contributed by atoms with Crippen molar-refractivity contribution in [2.75, 3.05) is 4.72 Å². The van der Waals surface area contributed by atoms with Crippen LogP contribution in [0.4, 0.5) is 5.69 Å². The largest absolute Gasteiger partial charge is 0.295 e. The summed E-state index contributed by atoms with van der Waals surface area (Å²) in [5.41, 5.74) is 1.08. The summed E-state index contributed by atoms with van der Waals surface area (Å²) in [6.07, 6.45) is 0.0639. The first kappa shape index (κ1) is 19.8. The van der Waals surface area contributed by atoms with Gasteiger partial charge in [-0.05, 0) is 43.7 Å². The Hall–Kier alpha value is -3.53. The fraction of sp³-hybridized carbons (Fsp3) is 0.200. The van der Waals surface area contributed by atoms with E-state index in [4.69, 9.17) is 0 Å². The molecule has 10 heteroatoms. The number of imide groups is 2. The summed E-state index contributed by atoms with van der Waals surface area (Å²) in [6.45, 7) is 1.83. The van der Waals surface area contributed by atoms with Gasteiger partial charge in [0.2, 0.25) is 11.8 Å². The van der Waals surface area contributed by atoms with Crippen LogP contribution < -0.4 is 10.0 Å². The van der Waals surface area contributed by atoms with Crippen molar-refractivity contribution in [1.29, 1.82) is 0 Å². The lowest BCUT2D eigenvalue weighted by Crippen LogP contribution is -2.54. The van der Waals surface area contributed by atoms with E-state index in [2.05, 4.69) is 10.0 Å². The van der Waals surface area contributed by atoms with Crippen molar-refractivity contribution in [2.24, 2.45) is 0 Å². The summed E-state index contributed by atoms with van der Waals surface area (Å²) in [5, 5.41) is 2.12. The van der Waals surface area contributed by atoms with Crippen LogP contribution in [0.15, 0.2) is 47.4 Å². The van der Waals surface area contributed by atoms with E-state index in [1.165, 1.54) is 30.3 Å². The number of carbonyl (C=O) groups is 4. The number of rotatable bonds is 4. The lowest BCUT2D eigenvalue weighted by atomic mass is 10.0. The SMILES string of the molecule is Cc1ccc(S(=O)(=O)Nc2ccc3c(c2)C(=O)N(C2CCC(=O)NC2=O)C3=O)cc1. The van der Waals surface area contributed by atoms with E-state index in [0.717, 1.165) is 10.5 Å². The third-order valence-corrected chi connectivity index (χ3v) is 6.42. The van der Waals surface area contributed by atoms with Gasteiger partial charge < -0.3 is 0 Å². The van der Waals surface area contributed by atoms with Gasteiger partial charge >= 0.3 is 0 Å². The van der Waals surface area contributed by atoms with E-state index < -0.39 is 39.7 Å². The molecular weight excluding hydrogens is 410 g/mol. The molecule has 1 saturated heterocycles. The molecular formula is C20H17N3O6S. The molecule has 1 fully saturated rings. The molecule has 2 N–H and O–H groups in total. The molecule has 0 saturated carbocycles. The van der Waals surface area contributed by atoms with E-state index in [-0.39, 0.29) is 34.6 Å². The van der Waals surface area contributed by atoms with Gasteiger partial charge in [0.15, 0.2) is 0 Å². The maximum Gasteiger partial charge on any atom is 0.262 e. The van der Waals surface area contributed by atoms with Crippen molar-refractivity contribution in [1.82, 2.24) is 10.2 Å². The van der Waals surface area contributed by atoms with E-state index in [0.29, 0.717) is 0 Å². The molecule has 9 nitrogen and oxygen atoms in total. The third-order valence-electron chi connectivity index (χ3n) is 5.02. The average molecular weight is 427 g/mol. The first-order valence-corrected chi connectivity index (χ1v) is 10.6. The van der Waals surface area contributed by atoms with E-state index in [1.54, 1.807) is 12.1 Å². The number of piperidine rings is 1. The third kappa shape index (κ3) is 3.35. The summed E-state index contributed by atoms with van der Waals surface area (Å²) >= 11 is 0. The van der Waals surface area contributed by atoms with Crippen molar-refractivity contribution in [3.8, 4) is 0 Å². The minimum absolute atomic E-state index is 0.00574. The molecule has 4 rings (SSSR count). The van der Waals surface area contributed by atoms with Gasteiger partial charge in [0.25, 0.3) is 21.8 Å². The van der Waals surface area contributed by atoms with Crippen molar-refractivity contribution in [2.45, 2.75) is 30.7 Å². The fourth-order valence-corrected chi connectivity index (χ4v) is 4.52. The Kier molecular flexibility index (Phi) is 4.65. The van der Waals surface area contributed by atoms with Crippen LogP contribution in [0.1, 0.15) is 39.1 Å². The van der Waals surface area contributed by atoms with Gasteiger partial charge in [-0.3, -0.25) is 34.1 Å². The molecule has 1 atom stereocenters. The Morgan fingerprint density at radius 3 is 2.30 bits per heavy atom. The highest BCUT2D eigenvalue weighted by molar-refractivity contribution is 7.92. The fourth-order valence-electron chi connectivity index (χ4n) is 3.47. The van der Waals surface area contributed by atoms with Crippen LogP contribution in [-0.2, 0) is 19.6 Å². The summed E-state index contributed by atoms with van der Waals surface area (Å²) < 4.78 is 27.6. The molecule has 2 aliphatic heterocycles. The van der Waals surface area contributed by atoms with Gasteiger partial charge in [0, 0.05) is 12.1 Å². The Morgan fingerprint density at radius 1 is 0.967 bits per heavy atom. The minimum atomic E-state index is -3.89. The molecule has 0 spiro atoms. The summed E-state index contributed by atoms with van der Waals surface area (Å²) in [7, 11) is -3.89. The molecule has 154 valence electrons. The van der Waals surface area contributed by atoms with Gasteiger partial charge in [-0.25, -0.2) is 8.42 Å². The number of hydrogen-bond acceptors (Lipinski definition) is 6. The molecule has 0 radical (unpaired) electrons. The number of hydrogen-bond donors (Lipinski definition) is 2. The summed E-state index contributed by atoms with van der Waals surface area (Å²) in [5.74, 6) is -2.53. The molecule has 30 heavy (non-hydrogen) atoms. The molecule has 0 aromatic heterocycles. The topological polar surface area (TPSA) is 130 Å². The lowest BCUT2D eigenvalue weighted by Gasteiger charge is -2.27. The Bertz CT molecular complexity index is 1200. The normalized spacial score (nSPS) is 19.0. The van der Waals surface area contributed by atoms with E-state index >= 15 is 0 Å². The second-order valence-corrected chi connectivity index (χ2v) is 8.81. The van der Waals surface area contributed by atoms with Crippen molar-refractivity contribution < 1.29 is 27.6 Å². The van der Waals surface area contributed by atoms with Crippen LogP contribution in [0.2, 0.25) is 0 Å². The van der Waals surface area contributed by atoms with E-state index in [1.807, 2.05) is 6.92 Å². The smallest absolute Gasteiger partial charge is 0.262 e. The lowest BCUT2D eigenvalue weighted by molar-refractivity contribution is -0.136. The second kappa shape index (κ2) is 7.06. The molecule has 1 unspecified atom stereocenters. The first-order chi connectivity index (χ1) is 14.2. The number of anilines is 1. The average Bonchev–Trinajstić information content (AvgIpc) is 2.92. The monoisotopic (exact) mass is 427 g/mol.